The van der Waals surface area contributed by atoms with Crippen molar-refractivity contribution in [3.63, 3.8) is 0 Å². The zero-order valence-electron chi connectivity index (χ0n) is 28.5. The lowest BCUT2D eigenvalue weighted by atomic mass is 9.55. The van der Waals surface area contributed by atoms with Crippen molar-refractivity contribution < 1.29 is 0 Å². The molecule has 0 bridgehead atoms. The maximum Gasteiger partial charge on any atom is 0.0415 e. The van der Waals surface area contributed by atoms with Crippen molar-refractivity contribution in [1.82, 2.24) is 0 Å². The molecule has 0 heteroatoms. The van der Waals surface area contributed by atoms with Gasteiger partial charge in [0.25, 0.3) is 0 Å². The summed E-state index contributed by atoms with van der Waals surface area (Å²) in [6.45, 7) is 2.25. The van der Waals surface area contributed by atoms with Gasteiger partial charge in [-0.25, -0.2) is 0 Å². The molecule has 9 rings (SSSR count). The van der Waals surface area contributed by atoms with Crippen LogP contribution in [0, 0.1) is 6.92 Å². The minimum absolute atomic E-state index is 0.0739. The molecule has 0 radical (unpaired) electrons. The minimum atomic E-state index is -0.422. The molecule has 50 heavy (non-hydrogen) atoms. The van der Waals surface area contributed by atoms with Gasteiger partial charge in [0, 0.05) is 17.3 Å². The van der Waals surface area contributed by atoms with Gasteiger partial charge in [-0.3, -0.25) is 0 Å². The van der Waals surface area contributed by atoms with Gasteiger partial charge in [-0.15, -0.1) is 0 Å². The number of rotatable bonds is 8. The van der Waals surface area contributed by atoms with E-state index in [9.17, 15) is 0 Å². The van der Waals surface area contributed by atoms with Crippen LogP contribution in [0.5, 0.6) is 0 Å². The van der Waals surface area contributed by atoms with E-state index in [-0.39, 0.29) is 11.8 Å². The molecule has 2 aliphatic rings. The van der Waals surface area contributed by atoms with Crippen LogP contribution in [-0.4, -0.2) is 0 Å². The molecule has 0 saturated heterocycles. The van der Waals surface area contributed by atoms with Crippen LogP contribution in [0.4, 0.5) is 0 Å². The van der Waals surface area contributed by atoms with Crippen LogP contribution < -0.4 is 0 Å². The fraction of sp³-hybridized carbons (Fsp3) is 0.120. The molecular weight excluding hydrogens is 601 g/mol. The largest absolute Gasteiger partial charge is 0.0751 e. The summed E-state index contributed by atoms with van der Waals surface area (Å²) in [6, 6.07) is 66.1. The van der Waals surface area contributed by atoms with Crippen LogP contribution in [0.1, 0.15) is 73.0 Å². The van der Waals surface area contributed by atoms with Gasteiger partial charge in [0.15, 0.2) is 0 Å². The first-order chi connectivity index (χ1) is 24.7. The van der Waals surface area contributed by atoms with Crippen LogP contribution >= 0.6 is 0 Å². The normalized spacial score (nSPS) is 14.7. The molecule has 7 aromatic carbocycles. The molecule has 0 fully saturated rings. The highest BCUT2D eigenvalue weighted by Gasteiger charge is 2.53. The van der Waals surface area contributed by atoms with Crippen molar-refractivity contribution in [3.8, 4) is 11.1 Å². The molecule has 1 unspecified atom stereocenters. The molecule has 0 N–H and O–H groups in total. The Morgan fingerprint density at radius 1 is 0.440 bits per heavy atom. The Hall–Kier alpha value is -5.72. The summed E-state index contributed by atoms with van der Waals surface area (Å²) in [5.74, 6) is 0.200. The molecule has 7 aromatic rings. The van der Waals surface area contributed by atoms with E-state index >= 15 is 0 Å². The number of hydrogen-bond acceptors (Lipinski definition) is 0. The minimum Gasteiger partial charge on any atom is -0.0751 e. The van der Waals surface area contributed by atoms with Gasteiger partial charge in [-0.2, -0.15) is 0 Å². The van der Waals surface area contributed by atoms with Crippen molar-refractivity contribution in [1.29, 1.82) is 0 Å². The molecule has 240 valence electrons. The number of allylic oxidation sites excluding steroid dienone is 1. The SMILES string of the molecule is Cc1cccc2c1C=CC2C(c1ccccc1)(c1ccccc1)C1c2cc(Cc3ccccc3)ccc2-c2ccc(Cc3ccccc3)cc21. The highest BCUT2D eigenvalue weighted by atomic mass is 14.5. The number of benzene rings is 7. The predicted molar refractivity (Wildman–Crippen MR) is 209 cm³/mol. The van der Waals surface area contributed by atoms with Gasteiger partial charge in [0.1, 0.15) is 0 Å². The van der Waals surface area contributed by atoms with Crippen molar-refractivity contribution in [2.45, 2.75) is 37.0 Å². The molecule has 0 heterocycles. The summed E-state index contributed by atoms with van der Waals surface area (Å²) in [6.07, 6.45) is 6.72. The second kappa shape index (κ2) is 12.6. The van der Waals surface area contributed by atoms with Gasteiger partial charge in [0.2, 0.25) is 0 Å². The number of hydrogen-bond donors (Lipinski definition) is 0. The number of aryl methyl sites for hydroxylation is 1. The summed E-state index contributed by atoms with van der Waals surface area (Å²) < 4.78 is 0. The second-order valence-electron chi connectivity index (χ2n) is 14.1. The van der Waals surface area contributed by atoms with E-state index in [4.69, 9.17) is 0 Å². The van der Waals surface area contributed by atoms with Crippen LogP contribution in [0.25, 0.3) is 17.2 Å². The number of fused-ring (bicyclic) bond motifs is 4. The fourth-order valence-corrected chi connectivity index (χ4v) is 9.10. The van der Waals surface area contributed by atoms with Gasteiger partial charge < -0.3 is 0 Å². The zero-order valence-corrected chi connectivity index (χ0v) is 28.5. The van der Waals surface area contributed by atoms with Gasteiger partial charge >= 0.3 is 0 Å². The molecule has 0 nitrogen and oxygen atoms in total. The van der Waals surface area contributed by atoms with Crippen molar-refractivity contribution in [2.75, 3.05) is 0 Å². The smallest absolute Gasteiger partial charge is 0.0415 e. The van der Waals surface area contributed by atoms with E-state index in [0.717, 1.165) is 12.8 Å². The van der Waals surface area contributed by atoms with Gasteiger partial charge in [-0.05, 0) is 92.1 Å². The Kier molecular flexibility index (Phi) is 7.66. The Morgan fingerprint density at radius 3 is 1.42 bits per heavy atom. The second-order valence-corrected chi connectivity index (χ2v) is 14.1. The molecule has 0 amide bonds. The van der Waals surface area contributed by atoms with Crippen LogP contribution in [0.15, 0.2) is 182 Å². The lowest BCUT2D eigenvalue weighted by Gasteiger charge is -2.46. The average molecular weight is 641 g/mol. The summed E-state index contributed by atoms with van der Waals surface area (Å²) >= 11 is 0. The Morgan fingerprint density at radius 2 is 0.920 bits per heavy atom. The summed E-state index contributed by atoms with van der Waals surface area (Å²) in [4.78, 5) is 0. The lowest BCUT2D eigenvalue weighted by Crippen LogP contribution is -2.40. The third-order valence-corrected chi connectivity index (χ3v) is 11.2. The van der Waals surface area contributed by atoms with E-state index in [2.05, 4.69) is 195 Å². The van der Waals surface area contributed by atoms with E-state index in [0.29, 0.717) is 0 Å². The van der Waals surface area contributed by atoms with Gasteiger partial charge in [-0.1, -0.05) is 188 Å². The Balaban J connectivity index is 1.34. The molecule has 0 spiro atoms. The molecule has 0 aliphatic heterocycles. The van der Waals surface area contributed by atoms with E-state index in [1.807, 2.05) is 0 Å². The highest BCUT2D eigenvalue weighted by molar-refractivity contribution is 5.83. The lowest BCUT2D eigenvalue weighted by molar-refractivity contribution is 0.416. The third-order valence-electron chi connectivity index (χ3n) is 11.2. The summed E-state index contributed by atoms with van der Waals surface area (Å²) in [7, 11) is 0. The fourth-order valence-electron chi connectivity index (χ4n) is 9.10. The predicted octanol–water partition coefficient (Wildman–Crippen LogP) is 12.1. The first-order valence-electron chi connectivity index (χ1n) is 17.9. The van der Waals surface area contributed by atoms with Crippen molar-refractivity contribution >= 4 is 6.08 Å². The van der Waals surface area contributed by atoms with Gasteiger partial charge in [0.05, 0.1) is 0 Å². The monoisotopic (exact) mass is 640 g/mol. The van der Waals surface area contributed by atoms with E-state index < -0.39 is 5.41 Å². The third kappa shape index (κ3) is 5.06. The van der Waals surface area contributed by atoms with E-state index in [1.165, 1.54) is 72.3 Å². The molecule has 2 aliphatic carbocycles. The highest BCUT2D eigenvalue weighted by Crippen LogP contribution is 2.63. The van der Waals surface area contributed by atoms with Crippen LogP contribution in [-0.2, 0) is 18.3 Å². The first kappa shape index (κ1) is 30.3. The first-order valence-corrected chi connectivity index (χ1v) is 17.9. The Bertz CT molecular complexity index is 2180. The quantitative estimate of drug-likeness (QED) is 0.155. The molecule has 0 saturated carbocycles. The topological polar surface area (TPSA) is 0 Å². The average Bonchev–Trinajstić information content (AvgIpc) is 3.74. The van der Waals surface area contributed by atoms with Crippen molar-refractivity contribution in [2.24, 2.45) is 0 Å². The molecule has 1 atom stereocenters. The van der Waals surface area contributed by atoms with Crippen LogP contribution in [0.3, 0.4) is 0 Å². The Labute approximate surface area is 296 Å². The summed E-state index contributed by atoms with van der Waals surface area (Å²) in [5, 5.41) is 0. The standard InChI is InChI=1S/C50H40/c1-35-15-14-24-45-42(35)29-30-48(45)50(40-20-10-4-11-21-40,41-22-12-5-13-23-41)49-46-33-38(31-36-16-6-2-7-17-36)25-27-43(46)44-28-26-39(34-47(44)49)32-37-18-8-3-9-19-37/h2-30,33-34,48-49H,31-32H2,1H3. The zero-order chi connectivity index (χ0) is 33.5. The molecule has 0 aromatic heterocycles. The maximum absolute atomic E-state index is 2.54. The maximum atomic E-state index is 2.54. The van der Waals surface area contributed by atoms with Crippen LogP contribution in [0.2, 0.25) is 0 Å². The van der Waals surface area contributed by atoms with E-state index in [1.54, 1.807) is 0 Å². The van der Waals surface area contributed by atoms with Crippen molar-refractivity contribution in [3.05, 3.63) is 243 Å². The molecular formula is C50H40. The summed E-state index contributed by atoms with van der Waals surface area (Å²) in [5.41, 5.74) is 17.3.